The maximum absolute atomic E-state index is 12.7. The lowest BCUT2D eigenvalue weighted by molar-refractivity contribution is -0.146. The molecule has 1 fully saturated rings. The third-order valence-electron chi connectivity index (χ3n) is 5.44. The van der Waals surface area contributed by atoms with Crippen molar-refractivity contribution in [3.63, 3.8) is 0 Å². The van der Waals surface area contributed by atoms with Gasteiger partial charge in [-0.15, -0.1) is 0 Å². The van der Waals surface area contributed by atoms with Crippen LogP contribution in [0.1, 0.15) is 29.3 Å². The summed E-state index contributed by atoms with van der Waals surface area (Å²) >= 11 is 0. The molecule has 6 nitrogen and oxygen atoms in total. The van der Waals surface area contributed by atoms with Gasteiger partial charge < -0.3 is 15.1 Å². The fourth-order valence-corrected chi connectivity index (χ4v) is 3.87. The Morgan fingerprint density at radius 2 is 2.06 bits per heavy atom. The van der Waals surface area contributed by atoms with Crippen molar-refractivity contribution in [1.29, 1.82) is 0 Å². The van der Waals surface area contributed by atoms with E-state index in [4.69, 9.17) is 0 Å². The van der Waals surface area contributed by atoms with Gasteiger partial charge in [0.05, 0.1) is 6.54 Å². The first kappa shape index (κ1) is 25.0. The Kier molecular flexibility index (Phi) is 9.15. The highest BCUT2D eigenvalue weighted by molar-refractivity contribution is 5.94. The molecule has 1 N–H and O–H groups in total. The van der Waals surface area contributed by atoms with Crippen LogP contribution in [0.4, 0.5) is 13.2 Å². The van der Waals surface area contributed by atoms with Crippen LogP contribution in [0.2, 0.25) is 0 Å². The first-order valence-electron chi connectivity index (χ1n) is 10.7. The number of likely N-dealkylation sites (tertiary alicyclic amines) is 1. The number of carbonyl (C=O) groups is 1. The second-order valence-electron chi connectivity index (χ2n) is 8.17. The number of nitrogens with zero attached hydrogens (tertiary/aromatic N) is 4. The highest BCUT2D eigenvalue weighted by Crippen LogP contribution is 2.21. The largest absolute Gasteiger partial charge is 0.401 e. The number of nitrogens with one attached hydrogen (secondary N) is 1. The maximum Gasteiger partial charge on any atom is 0.401 e. The van der Waals surface area contributed by atoms with Crippen LogP contribution in [0.3, 0.4) is 0 Å². The van der Waals surface area contributed by atoms with Gasteiger partial charge in [0.1, 0.15) is 0 Å². The van der Waals surface area contributed by atoms with E-state index in [2.05, 4.69) is 15.2 Å². The van der Waals surface area contributed by atoms with Gasteiger partial charge in [0.2, 0.25) is 0 Å². The molecule has 0 saturated carbocycles. The first-order chi connectivity index (χ1) is 14.6. The minimum absolute atomic E-state index is 0.0274. The van der Waals surface area contributed by atoms with Crippen molar-refractivity contribution < 1.29 is 18.0 Å². The zero-order chi connectivity index (χ0) is 23.0. The number of hydrogen-bond acceptors (Lipinski definition) is 3. The van der Waals surface area contributed by atoms with Crippen LogP contribution < -0.4 is 5.32 Å². The molecule has 1 unspecified atom stereocenters. The minimum atomic E-state index is -4.17. The summed E-state index contributed by atoms with van der Waals surface area (Å²) < 4.78 is 38.1. The monoisotopic (exact) mass is 441 g/mol. The summed E-state index contributed by atoms with van der Waals surface area (Å²) in [4.78, 5) is 21.6. The second kappa shape index (κ2) is 11.4. The molecule has 1 atom stereocenters. The van der Waals surface area contributed by atoms with Gasteiger partial charge in [0.15, 0.2) is 5.96 Å². The van der Waals surface area contributed by atoms with Gasteiger partial charge in [0.25, 0.3) is 5.91 Å². The number of carbonyl (C=O) groups excluding carboxylic acids is 1. The Morgan fingerprint density at radius 3 is 2.68 bits per heavy atom. The van der Waals surface area contributed by atoms with Crippen LogP contribution >= 0.6 is 0 Å². The fourth-order valence-electron chi connectivity index (χ4n) is 3.87. The van der Waals surface area contributed by atoms with E-state index in [0.717, 1.165) is 30.9 Å². The highest BCUT2D eigenvalue weighted by Gasteiger charge is 2.33. The zero-order valence-electron chi connectivity index (χ0n) is 18.9. The molecule has 1 aliphatic heterocycles. The van der Waals surface area contributed by atoms with Gasteiger partial charge in [-0.2, -0.15) is 13.2 Å². The molecule has 0 radical (unpaired) electrons. The zero-order valence-corrected chi connectivity index (χ0v) is 18.9. The van der Waals surface area contributed by atoms with Gasteiger partial charge in [-0.1, -0.05) is 19.1 Å². The van der Waals surface area contributed by atoms with Crippen molar-refractivity contribution in [2.24, 2.45) is 10.9 Å². The van der Waals surface area contributed by atoms with E-state index in [1.54, 1.807) is 39.0 Å². The predicted molar refractivity (Wildman–Crippen MR) is 117 cm³/mol. The fraction of sp³-hybridized carbons (Fsp3) is 0.636. The standard InChI is InChI=1S/C22H34F3N5O/c1-5-29(16-22(23,24)25)14-18-10-12-30(15-18)21(26-2)27-11-9-17-7-6-8-19(13-17)20(31)28(3)4/h6-8,13,18H,5,9-12,14-16H2,1-4H3,(H,26,27). The molecule has 1 heterocycles. The van der Waals surface area contributed by atoms with Crippen LogP contribution in [-0.4, -0.2) is 93.2 Å². The molecule has 1 aliphatic rings. The van der Waals surface area contributed by atoms with Crippen molar-refractivity contribution in [2.45, 2.75) is 25.9 Å². The van der Waals surface area contributed by atoms with Crippen LogP contribution in [0, 0.1) is 5.92 Å². The lowest BCUT2D eigenvalue weighted by Gasteiger charge is -2.26. The molecule has 1 aromatic carbocycles. The molecule has 174 valence electrons. The van der Waals surface area contributed by atoms with Crippen molar-refractivity contribution in [3.05, 3.63) is 35.4 Å². The molecule has 2 rings (SSSR count). The highest BCUT2D eigenvalue weighted by atomic mass is 19.4. The SMILES string of the molecule is CCN(CC1CCN(C(=NC)NCCc2cccc(C(=O)N(C)C)c2)C1)CC(F)(F)F. The van der Waals surface area contributed by atoms with E-state index in [1.165, 1.54) is 4.90 Å². The Bertz CT molecular complexity index is 751. The molecule has 0 spiro atoms. The Hall–Kier alpha value is -2.29. The van der Waals surface area contributed by atoms with Gasteiger partial charge in [-0.25, -0.2) is 0 Å². The molecule has 1 amide bonds. The maximum atomic E-state index is 12.7. The van der Waals surface area contributed by atoms with Crippen molar-refractivity contribution in [2.75, 3.05) is 60.4 Å². The lowest BCUT2D eigenvalue weighted by atomic mass is 10.1. The van der Waals surface area contributed by atoms with E-state index < -0.39 is 12.7 Å². The van der Waals surface area contributed by atoms with Crippen molar-refractivity contribution in [3.8, 4) is 0 Å². The molecule has 0 bridgehead atoms. The van der Waals surface area contributed by atoms with Crippen LogP contribution in [0.5, 0.6) is 0 Å². The van der Waals surface area contributed by atoms with Gasteiger partial charge in [-0.05, 0) is 43.0 Å². The number of rotatable bonds is 8. The van der Waals surface area contributed by atoms with Gasteiger partial charge >= 0.3 is 6.18 Å². The average molecular weight is 442 g/mol. The van der Waals surface area contributed by atoms with E-state index >= 15 is 0 Å². The van der Waals surface area contributed by atoms with E-state index in [9.17, 15) is 18.0 Å². The Labute approximate surface area is 183 Å². The molecule has 1 saturated heterocycles. The van der Waals surface area contributed by atoms with E-state index in [1.807, 2.05) is 18.2 Å². The van der Waals surface area contributed by atoms with E-state index in [0.29, 0.717) is 31.7 Å². The molecule has 1 aromatic rings. The normalized spacial score (nSPS) is 17.4. The Morgan fingerprint density at radius 1 is 1.32 bits per heavy atom. The molecular formula is C22H34F3N5O. The number of guanidine groups is 1. The number of alkyl halides is 3. The number of halogens is 3. The summed E-state index contributed by atoms with van der Waals surface area (Å²) in [6, 6.07) is 7.58. The van der Waals surface area contributed by atoms with Gasteiger partial charge in [-0.3, -0.25) is 14.7 Å². The molecule has 0 aliphatic carbocycles. The van der Waals surface area contributed by atoms with Crippen LogP contribution in [0.15, 0.2) is 29.3 Å². The summed E-state index contributed by atoms with van der Waals surface area (Å²) in [6.45, 7) is 3.86. The summed E-state index contributed by atoms with van der Waals surface area (Å²) in [5.74, 6) is 0.928. The number of hydrogen-bond donors (Lipinski definition) is 1. The molecule has 0 aromatic heterocycles. The second-order valence-corrected chi connectivity index (χ2v) is 8.17. The van der Waals surface area contributed by atoms with Crippen LogP contribution in [-0.2, 0) is 6.42 Å². The Balaban J connectivity index is 1.84. The summed E-state index contributed by atoms with van der Waals surface area (Å²) in [5.41, 5.74) is 1.72. The van der Waals surface area contributed by atoms with Crippen LogP contribution in [0.25, 0.3) is 0 Å². The van der Waals surface area contributed by atoms with Crippen molar-refractivity contribution >= 4 is 11.9 Å². The number of benzene rings is 1. The molecule has 9 heteroatoms. The summed E-state index contributed by atoms with van der Waals surface area (Å²) in [5, 5.41) is 3.34. The van der Waals surface area contributed by atoms with Crippen molar-refractivity contribution in [1.82, 2.24) is 20.0 Å². The lowest BCUT2D eigenvalue weighted by Crippen LogP contribution is -2.42. The minimum Gasteiger partial charge on any atom is -0.356 e. The number of aliphatic imine (C=N–C) groups is 1. The third kappa shape index (κ3) is 8.05. The quantitative estimate of drug-likeness (QED) is 0.498. The smallest absolute Gasteiger partial charge is 0.356 e. The third-order valence-corrected chi connectivity index (χ3v) is 5.44. The average Bonchev–Trinajstić information content (AvgIpc) is 3.17. The van der Waals surface area contributed by atoms with E-state index in [-0.39, 0.29) is 11.8 Å². The first-order valence-corrected chi connectivity index (χ1v) is 10.7. The topological polar surface area (TPSA) is 51.2 Å². The number of amides is 1. The summed E-state index contributed by atoms with van der Waals surface area (Å²) in [7, 11) is 5.17. The predicted octanol–water partition coefficient (Wildman–Crippen LogP) is 2.71. The molecular weight excluding hydrogens is 407 g/mol. The molecule has 31 heavy (non-hydrogen) atoms. The van der Waals surface area contributed by atoms with Gasteiger partial charge in [0, 0.05) is 52.9 Å². The summed E-state index contributed by atoms with van der Waals surface area (Å²) in [6.07, 6.45) is -2.58.